The van der Waals surface area contributed by atoms with Gasteiger partial charge in [-0.05, 0) is 13.3 Å². The third kappa shape index (κ3) is 0.944. The van der Waals surface area contributed by atoms with Gasteiger partial charge in [-0.25, -0.2) is 0 Å². The minimum Gasteiger partial charge on any atom is -0.374 e. The van der Waals surface area contributed by atoms with Gasteiger partial charge in [0.05, 0.1) is 24.9 Å². The Bertz CT molecular complexity index is 181. The van der Waals surface area contributed by atoms with E-state index in [0.717, 1.165) is 13.2 Å². The summed E-state index contributed by atoms with van der Waals surface area (Å²) in [4.78, 5) is 0. The maximum atomic E-state index is 5.86. The Morgan fingerprint density at radius 2 is 2.17 bits per heavy atom. The molecule has 2 heteroatoms. The highest BCUT2D eigenvalue weighted by molar-refractivity contribution is 5.02. The van der Waals surface area contributed by atoms with Crippen molar-refractivity contribution >= 4 is 0 Å². The monoisotopic (exact) mass is 170 g/mol. The zero-order valence-electron chi connectivity index (χ0n) is 8.17. The van der Waals surface area contributed by atoms with Gasteiger partial charge in [0.15, 0.2) is 0 Å². The molecule has 12 heavy (non-hydrogen) atoms. The van der Waals surface area contributed by atoms with Crippen molar-refractivity contribution < 1.29 is 9.47 Å². The van der Waals surface area contributed by atoms with Crippen molar-refractivity contribution in [1.82, 2.24) is 0 Å². The summed E-state index contributed by atoms with van der Waals surface area (Å²) in [5.41, 5.74) is 0.0220. The second-order valence-corrected chi connectivity index (χ2v) is 4.33. The molecule has 2 aliphatic heterocycles. The van der Waals surface area contributed by atoms with Gasteiger partial charge in [0.2, 0.25) is 0 Å². The molecule has 0 N–H and O–H groups in total. The molecule has 4 unspecified atom stereocenters. The molecule has 2 fully saturated rings. The van der Waals surface area contributed by atoms with Gasteiger partial charge in [0.1, 0.15) is 0 Å². The maximum Gasteiger partial charge on any atom is 0.0968 e. The van der Waals surface area contributed by atoms with Gasteiger partial charge in [-0.1, -0.05) is 13.8 Å². The van der Waals surface area contributed by atoms with E-state index in [2.05, 4.69) is 20.8 Å². The van der Waals surface area contributed by atoms with E-state index in [9.17, 15) is 0 Å². The summed E-state index contributed by atoms with van der Waals surface area (Å²) in [6.07, 6.45) is 1.52. The Morgan fingerprint density at radius 1 is 1.42 bits per heavy atom. The standard InChI is InChI=1S/C10H18O2/c1-4-8-6-11-9-7(2)5-12-10(8,9)3/h7-9H,4-6H2,1-3H3. The first kappa shape index (κ1) is 8.52. The van der Waals surface area contributed by atoms with Crippen LogP contribution in [0.15, 0.2) is 0 Å². The lowest BCUT2D eigenvalue weighted by molar-refractivity contribution is -0.0286. The molecule has 2 aliphatic rings. The number of hydrogen-bond acceptors (Lipinski definition) is 2. The van der Waals surface area contributed by atoms with Crippen molar-refractivity contribution in [2.24, 2.45) is 11.8 Å². The molecule has 2 nitrogen and oxygen atoms in total. The minimum atomic E-state index is 0.0220. The molecule has 0 aliphatic carbocycles. The molecule has 0 aromatic rings. The fourth-order valence-electron chi connectivity index (χ4n) is 2.63. The molecule has 0 saturated carbocycles. The van der Waals surface area contributed by atoms with Gasteiger partial charge in [-0.15, -0.1) is 0 Å². The predicted molar refractivity (Wildman–Crippen MR) is 47.0 cm³/mol. The fraction of sp³-hybridized carbons (Fsp3) is 1.00. The van der Waals surface area contributed by atoms with E-state index in [1.807, 2.05) is 0 Å². The highest BCUT2D eigenvalue weighted by Crippen LogP contribution is 2.44. The molecule has 0 aromatic heterocycles. The van der Waals surface area contributed by atoms with E-state index in [0.29, 0.717) is 17.9 Å². The average molecular weight is 170 g/mol. The zero-order chi connectivity index (χ0) is 8.77. The summed E-state index contributed by atoms with van der Waals surface area (Å²) in [6, 6.07) is 0. The van der Waals surface area contributed by atoms with E-state index in [1.54, 1.807) is 0 Å². The first-order valence-corrected chi connectivity index (χ1v) is 4.94. The van der Waals surface area contributed by atoms with Crippen LogP contribution >= 0.6 is 0 Å². The second-order valence-electron chi connectivity index (χ2n) is 4.33. The number of rotatable bonds is 1. The lowest BCUT2D eigenvalue weighted by Gasteiger charge is -2.27. The summed E-state index contributed by atoms with van der Waals surface area (Å²) in [5, 5.41) is 0. The quantitative estimate of drug-likeness (QED) is 0.598. The van der Waals surface area contributed by atoms with E-state index in [4.69, 9.17) is 9.47 Å². The van der Waals surface area contributed by atoms with Gasteiger partial charge in [0.25, 0.3) is 0 Å². The van der Waals surface area contributed by atoms with E-state index in [1.165, 1.54) is 6.42 Å². The highest BCUT2D eigenvalue weighted by atomic mass is 16.6. The summed E-state index contributed by atoms with van der Waals surface area (Å²) < 4.78 is 11.6. The van der Waals surface area contributed by atoms with Crippen molar-refractivity contribution in [1.29, 1.82) is 0 Å². The third-order valence-electron chi connectivity index (χ3n) is 3.52. The van der Waals surface area contributed by atoms with Crippen LogP contribution in [0.3, 0.4) is 0 Å². The Kier molecular flexibility index (Phi) is 1.92. The molecule has 2 rings (SSSR count). The molecule has 0 spiro atoms. The Hall–Kier alpha value is -0.0800. The molecule has 70 valence electrons. The summed E-state index contributed by atoms with van der Waals surface area (Å²) in [6.45, 7) is 8.41. The van der Waals surface area contributed by atoms with Crippen molar-refractivity contribution in [2.75, 3.05) is 13.2 Å². The first-order valence-electron chi connectivity index (χ1n) is 4.94. The van der Waals surface area contributed by atoms with Crippen molar-refractivity contribution in [3.8, 4) is 0 Å². The minimum absolute atomic E-state index is 0.0220. The average Bonchev–Trinajstić information content (AvgIpc) is 2.50. The Morgan fingerprint density at radius 3 is 2.83 bits per heavy atom. The SMILES string of the molecule is CCC1COC2C(C)COC12C. The first-order chi connectivity index (χ1) is 5.68. The molecule has 4 atom stereocenters. The highest BCUT2D eigenvalue weighted by Gasteiger charge is 2.54. The molecular weight excluding hydrogens is 152 g/mol. The van der Waals surface area contributed by atoms with Crippen molar-refractivity contribution in [2.45, 2.75) is 38.9 Å². The maximum absolute atomic E-state index is 5.86. The molecule has 0 bridgehead atoms. The van der Waals surface area contributed by atoms with Crippen LogP contribution in [0.2, 0.25) is 0 Å². The molecule has 0 amide bonds. The number of fused-ring (bicyclic) bond motifs is 1. The van der Waals surface area contributed by atoms with E-state index >= 15 is 0 Å². The predicted octanol–water partition coefficient (Wildman–Crippen LogP) is 1.84. The van der Waals surface area contributed by atoms with Crippen molar-refractivity contribution in [3.63, 3.8) is 0 Å². The van der Waals surface area contributed by atoms with Crippen LogP contribution < -0.4 is 0 Å². The molecular formula is C10H18O2. The Labute approximate surface area is 74.2 Å². The lowest BCUT2D eigenvalue weighted by Crippen LogP contribution is -2.39. The summed E-state index contributed by atoms with van der Waals surface area (Å²) in [7, 11) is 0. The smallest absolute Gasteiger partial charge is 0.0968 e. The van der Waals surface area contributed by atoms with Gasteiger partial charge in [-0.2, -0.15) is 0 Å². The van der Waals surface area contributed by atoms with Crippen LogP contribution in [-0.4, -0.2) is 24.9 Å². The van der Waals surface area contributed by atoms with Gasteiger partial charge >= 0.3 is 0 Å². The van der Waals surface area contributed by atoms with Gasteiger partial charge < -0.3 is 9.47 Å². The van der Waals surface area contributed by atoms with Crippen LogP contribution in [0.1, 0.15) is 27.2 Å². The molecule has 0 radical (unpaired) electrons. The Balaban J connectivity index is 2.19. The van der Waals surface area contributed by atoms with Gasteiger partial charge in [0, 0.05) is 11.8 Å². The fourth-order valence-corrected chi connectivity index (χ4v) is 2.63. The van der Waals surface area contributed by atoms with Crippen LogP contribution in [-0.2, 0) is 9.47 Å². The lowest BCUT2D eigenvalue weighted by atomic mass is 9.83. The largest absolute Gasteiger partial charge is 0.374 e. The third-order valence-corrected chi connectivity index (χ3v) is 3.52. The number of ether oxygens (including phenoxy) is 2. The van der Waals surface area contributed by atoms with Crippen LogP contribution in [0.4, 0.5) is 0 Å². The summed E-state index contributed by atoms with van der Waals surface area (Å²) in [5.74, 6) is 1.18. The number of hydrogen-bond donors (Lipinski definition) is 0. The van der Waals surface area contributed by atoms with E-state index < -0.39 is 0 Å². The van der Waals surface area contributed by atoms with Gasteiger partial charge in [-0.3, -0.25) is 0 Å². The van der Waals surface area contributed by atoms with E-state index in [-0.39, 0.29) is 5.60 Å². The van der Waals surface area contributed by atoms with Crippen LogP contribution in [0.25, 0.3) is 0 Å². The molecule has 2 heterocycles. The molecule has 2 saturated heterocycles. The zero-order valence-corrected chi connectivity index (χ0v) is 8.17. The molecule has 0 aromatic carbocycles. The van der Waals surface area contributed by atoms with Crippen LogP contribution in [0.5, 0.6) is 0 Å². The second kappa shape index (κ2) is 2.71. The summed E-state index contributed by atoms with van der Waals surface area (Å²) >= 11 is 0. The van der Waals surface area contributed by atoms with Crippen LogP contribution in [0, 0.1) is 11.8 Å². The topological polar surface area (TPSA) is 18.5 Å². The normalized spacial score (nSPS) is 52.8. The van der Waals surface area contributed by atoms with Crippen molar-refractivity contribution in [3.05, 3.63) is 0 Å².